The molecule has 2 aliphatic rings. The third kappa shape index (κ3) is 2.34. The summed E-state index contributed by atoms with van der Waals surface area (Å²) >= 11 is 0. The number of carbonyl (C=O) groups excluding carboxylic acids is 1. The van der Waals surface area contributed by atoms with Crippen LogP contribution in [0.15, 0.2) is 30.3 Å². The number of amides is 1. The van der Waals surface area contributed by atoms with Crippen LogP contribution in [0.25, 0.3) is 0 Å². The maximum Gasteiger partial charge on any atom is 0.230 e. The zero-order valence-corrected chi connectivity index (χ0v) is 12.1. The van der Waals surface area contributed by atoms with Gasteiger partial charge in [-0.25, -0.2) is 0 Å². The first-order valence-corrected chi connectivity index (χ1v) is 7.48. The van der Waals surface area contributed by atoms with Gasteiger partial charge < -0.3 is 5.32 Å². The minimum Gasteiger partial charge on any atom is -0.355 e. The molecule has 0 bridgehead atoms. The summed E-state index contributed by atoms with van der Waals surface area (Å²) in [6, 6.07) is 10.9. The van der Waals surface area contributed by atoms with E-state index in [0.29, 0.717) is 18.0 Å². The molecule has 1 aliphatic heterocycles. The molecule has 2 fully saturated rings. The molecule has 1 saturated carbocycles. The molecule has 108 valence electrons. The van der Waals surface area contributed by atoms with Crippen LogP contribution in [0.3, 0.4) is 0 Å². The summed E-state index contributed by atoms with van der Waals surface area (Å²) in [6.45, 7) is 5.03. The van der Waals surface area contributed by atoms with E-state index in [4.69, 9.17) is 0 Å². The largest absolute Gasteiger partial charge is 0.355 e. The Labute approximate surface area is 120 Å². The number of hydrogen-bond acceptors (Lipinski definition) is 3. The van der Waals surface area contributed by atoms with Crippen molar-refractivity contribution in [3.05, 3.63) is 35.9 Å². The molecule has 3 rings (SSSR count). The Morgan fingerprint density at radius 3 is 2.35 bits per heavy atom. The highest BCUT2D eigenvalue weighted by Crippen LogP contribution is 2.48. The lowest BCUT2D eigenvalue weighted by molar-refractivity contribution is -0.123. The van der Waals surface area contributed by atoms with Crippen LogP contribution in [0.4, 0.5) is 0 Å². The number of carbonyl (C=O) groups is 1. The number of nitrogens with one attached hydrogen (secondary N) is 3. The van der Waals surface area contributed by atoms with E-state index in [2.05, 4.69) is 42.1 Å². The van der Waals surface area contributed by atoms with Gasteiger partial charge in [0.15, 0.2) is 0 Å². The van der Waals surface area contributed by atoms with Crippen LogP contribution in [-0.4, -0.2) is 24.5 Å². The van der Waals surface area contributed by atoms with Crippen molar-refractivity contribution in [3.8, 4) is 0 Å². The monoisotopic (exact) mass is 273 g/mol. The van der Waals surface area contributed by atoms with Gasteiger partial charge in [-0.05, 0) is 32.3 Å². The van der Waals surface area contributed by atoms with Crippen LogP contribution in [-0.2, 0) is 10.2 Å². The molecule has 1 aromatic rings. The molecular formula is C16H23N3O. The van der Waals surface area contributed by atoms with Crippen molar-refractivity contribution < 1.29 is 4.79 Å². The molecule has 0 aromatic heterocycles. The number of benzene rings is 1. The fourth-order valence-corrected chi connectivity index (χ4v) is 3.17. The van der Waals surface area contributed by atoms with Crippen LogP contribution in [0.2, 0.25) is 0 Å². The van der Waals surface area contributed by atoms with E-state index in [1.165, 1.54) is 0 Å². The van der Waals surface area contributed by atoms with Gasteiger partial charge in [0, 0.05) is 24.5 Å². The molecule has 0 spiro atoms. The molecule has 4 nitrogen and oxygen atoms in total. The average Bonchev–Trinajstić information content (AvgIpc) is 3.22. The summed E-state index contributed by atoms with van der Waals surface area (Å²) < 4.78 is 0. The first kappa shape index (κ1) is 13.6. The van der Waals surface area contributed by atoms with Crippen LogP contribution in [0, 0.1) is 5.92 Å². The fourth-order valence-electron chi connectivity index (χ4n) is 3.17. The maximum atomic E-state index is 12.5. The van der Waals surface area contributed by atoms with Crippen molar-refractivity contribution in [1.82, 2.24) is 16.2 Å². The summed E-state index contributed by atoms with van der Waals surface area (Å²) in [5.41, 5.74) is 7.35. The molecule has 4 heteroatoms. The first-order valence-electron chi connectivity index (χ1n) is 7.48. The standard InChI is InChI=1S/C16H23N3O/c1-11-14(12(2)19-18-11)10-17-15(20)16(8-9-16)13-6-4-3-5-7-13/h3-7,11-12,14,18-19H,8-10H2,1-2H3,(H,17,20). The second kappa shape index (κ2) is 5.19. The second-order valence-corrected chi connectivity index (χ2v) is 6.19. The van der Waals surface area contributed by atoms with E-state index in [1.54, 1.807) is 0 Å². The van der Waals surface area contributed by atoms with Gasteiger partial charge in [-0.1, -0.05) is 30.3 Å². The molecule has 1 amide bonds. The van der Waals surface area contributed by atoms with E-state index >= 15 is 0 Å². The Morgan fingerprint density at radius 2 is 1.80 bits per heavy atom. The van der Waals surface area contributed by atoms with Crippen LogP contribution in [0.1, 0.15) is 32.3 Å². The molecule has 20 heavy (non-hydrogen) atoms. The highest BCUT2D eigenvalue weighted by molar-refractivity contribution is 5.91. The Kier molecular flexibility index (Phi) is 3.52. The summed E-state index contributed by atoms with van der Waals surface area (Å²) in [5.74, 6) is 0.625. The smallest absolute Gasteiger partial charge is 0.230 e. The molecule has 1 aromatic carbocycles. The Balaban J connectivity index is 1.63. The Morgan fingerprint density at radius 1 is 1.20 bits per heavy atom. The van der Waals surface area contributed by atoms with Gasteiger partial charge >= 0.3 is 0 Å². The molecule has 0 radical (unpaired) electrons. The highest BCUT2D eigenvalue weighted by atomic mass is 16.2. The Hall–Kier alpha value is -1.39. The van der Waals surface area contributed by atoms with Crippen molar-refractivity contribution in [2.75, 3.05) is 6.54 Å². The highest BCUT2D eigenvalue weighted by Gasteiger charge is 2.51. The van der Waals surface area contributed by atoms with Gasteiger partial charge in [-0.3, -0.25) is 15.6 Å². The van der Waals surface area contributed by atoms with E-state index in [0.717, 1.165) is 24.9 Å². The zero-order valence-electron chi connectivity index (χ0n) is 12.1. The van der Waals surface area contributed by atoms with E-state index in [-0.39, 0.29) is 11.3 Å². The van der Waals surface area contributed by atoms with Crippen molar-refractivity contribution in [2.24, 2.45) is 5.92 Å². The van der Waals surface area contributed by atoms with E-state index < -0.39 is 0 Å². The van der Waals surface area contributed by atoms with Gasteiger partial charge in [-0.2, -0.15) is 0 Å². The van der Waals surface area contributed by atoms with Crippen LogP contribution >= 0.6 is 0 Å². The SMILES string of the molecule is CC1NNC(C)C1CNC(=O)C1(c2ccccc2)CC1. The first-order chi connectivity index (χ1) is 9.63. The van der Waals surface area contributed by atoms with Crippen molar-refractivity contribution in [2.45, 2.75) is 44.2 Å². The quantitative estimate of drug-likeness (QED) is 0.776. The molecule has 1 saturated heterocycles. The normalized spacial score (nSPS) is 31.0. The molecule has 2 unspecified atom stereocenters. The topological polar surface area (TPSA) is 53.2 Å². The van der Waals surface area contributed by atoms with Crippen LogP contribution < -0.4 is 16.2 Å². The Bertz CT molecular complexity index is 474. The third-order valence-corrected chi connectivity index (χ3v) is 4.83. The molecule has 2 atom stereocenters. The predicted molar refractivity (Wildman–Crippen MR) is 79.0 cm³/mol. The lowest BCUT2D eigenvalue weighted by Crippen LogP contribution is -2.41. The minimum absolute atomic E-state index is 0.190. The van der Waals surface area contributed by atoms with Crippen molar-refractivity contribution in [1.29, 1.82) is 0 Å². The van der Waals surface area contributed by atoms with Gasteiger partial charge in [0.25, 0.3) is 0 Å². The van der Waals surface area contributed by atoms with E-state index in [1.807, 2.05) is 18.2 Å². The summed E-state index contributed by atoms with van der Waals surface area (Å²) in [7, 11) is 0. The lowest BCUT2D eigenvalue weighted by Gasteiger charge is -2.21. The summed E-state index contributed by atoms with van der Waals surface area (Å²) in [6.07, 6.45) is 1.93. The molecular weight excluding hydrogens is 250 g/mol. The van der Waals surface area contributed by atoms with Gasteiger partial charge in [0.05, 0.1) is 5.41 Å². The summed E-state index contributed by atoms with van der Waals surface area (Å²) in [4.78, 5) is 12.5. The number of hydrogen-bond donors (Lipinski definition) is 3. The van der Waals surface area contributed by atoms with Crippen molar-refractivity contribution >= 4 is 5.91 Å². The second-order valence-electron chi connectivity index (χ2n) is 6.19. The molecule has 1 heterocycles. The van der Waals surface area contributed by atoms with Gasteiger partial charge in [-0.15, -0.1) is 0 Å². The maximum absolute atomic E-state index is 12.5. The zero-order chi connectivity index (χ0) is 14.2. The minimum atomic E-state index is -0.257. The molecule has 1 aliphatic carbocycles. The van der Waals surface area contributed by atoms with Gasteiger partial charge in [0.2, 0.25) is 5.91 Å². The van der Waals surface area contributed by atoms with E-state index in [9.17, 15) is 4.79 Å². The van der Waals surface area contributed by atoms with Gasteiger partial charge in [0.1, 0.15) is 0 Å². The van der Waals surface area contributed by atoms with Crippen molar-refractivity contribution in [3.63, 3.8) is 0 Å². The number of hydrazine groups is 1. The average molecular weight is 273 g/mol. The predicted octanol–water partition coefficient (Wildman–Crippen LogP) is 1.34. The van der Waals surface area contributed by atoms with Crippen LogP contribution in [0.5, 0.6) is 0 Å². The summed E-state index contributed by atoms with van der Waals surface area (Å²) in [5, 5.41) is 3.17. The lowest BCUT2D eigenvalue weighted by atomic mass is 9.93. The molecule has 3 N–H and O–H groups in total. The third-order valence-electron chi connectivity index (χ3n) is 4.83. The fraction of sp³-hybridized carbons (Fsp3) is 0.562. The number of rotatable bonds is 4.